The van der Waals surface area contributed by atoms with Crippen LogP contribution in [-0.2, 0) is 27.3 Å². The Morgan fingerprint density at radius 2 is 1.89 bits per heavy atom. The van der Waals surface area contributed by atoms with Crippen molar-refractivity contribution < 1.29 is 28.7 Å². The van der Waals surface area contributed by atoms with Gasteiger partial charge in [0.2, 0.25) is 11.8 Å². The zero-order chi connectivity index (χ0) is 25.4. The molecule has 1 fully saturated rings. The van der Waals surface area contributed by atoms with Gasteiger partial charge in [0, 0.05) is 18.5 Å². The minimum Gasteiger partial charge on any atom is -0.493 e. The number of aryl methyl sites for hydroxylation is 1. The quantitative estimate of drug-likeness (QED) is 0.621. The van der Waals surface area contributed by atoms with E-state index in [1.807, 2.05) is 31.2 Å². The Hall–Kier alpha value is -3.88. The first kappa shape index (κ1) is 23.8. The van der Waals surface area contributed by atoms with Crippen LogP contribution in [0, 0.1) is 0 Å². The van der Waals surface area contributed by atoms with Crippen LogP contribution in [0.4, 0.5) is 4.79 Å². The number of rotatable bonds is 5. The Bertz CT molecular complexity index is 1240. The first-order valence-electron chi connectivity index (χ1n) is 12.3. The molecule has 0 aliphatic carbocycles. The monoisotopic (exact) mass is 491 g/mol. The van der Waals surface area contributed by atoms with Gasteiger partial charge >= 0.3 is 6.09 Å². The van der Waals surface area contributed by atoms with Crippen molar-refractivity contribution in [2.24, 2.45) is 0 Å². The molecule has 0 aromatic heterocycles. The summed E-state index contributed by atoms with van der Waals surface area (Å²) in [6.07, 6.45) is 1.31. The highest BCUT2D eigenvalue weighted by Gasteiger charge is 2.39. The fraction of sp³-hybridized carbons (Fsp3) is 0.407. The summed E-state index contributed by atoms with van der Waals surface area (Å²) in [4.78, 5) is 50.9. The number of carbonyl (C=O) groups excluding carboxylic acids is 4. The van der Waals surface area contributed by atoms with E-state index in [-0.39, 0.29) is 24.3 Å². The van der Waals surface area contributed by atoms with Gasteiger partial charge in [0.05, 0.1) is 12.6 Å². The molecule has 4 amide bonds. The zero-order valence-electron chi connectivity index (χ0n) is 20.3. The lowest BCUT2D eigenvalue weighted by Gasteiger charge is -2.29. The van der Waals surface area contributed by atoms with Gasteiger partial charge in [-0.3, -0.25) is 19.7 Å². The molecule has 9 nitrogen and oxygen atoms in total. The van der Waals surface area contributed by atoms with Crippen LogP contribution in [0.25, 0.3) is 0 Å². The van der Waals surface area contributed by atoms with Gasteiger partial charge < -0.3 is 19.7 Å². The third-order valence-corrected chi connectivity index (χ3v) is 7.07. The largest absolute Gasteiger partial charge is 0.493 e. The number of nitrogens with one attached hydrogen (secondary N) is 2. The highest BCUT2D eigenvalue weighted by molar-refractivity contribution is 6.05. The van der Waals surface area contributed by atoms with E-state index in [9.17, 15) is 19.2 Å². The summed E-state index contributed by atoms with van der Waals surface area (Å²) in [6, 6.07) is 10.4. The van der Waals surface area contributed by atoms with Crippen LogP contribution in [0.2, 0.25) is 0 Å². The van der Waals surface area contributed by atoms with E-state index in [2.05, 4.69) is 16.7 Å². The second kappa shape index (κ2) is 9.64. The summed E-state index contributed by atoms with van der Waals surface area (Å²) in [5.41, 5.74) is 4.08. The second-order valence-corrected chi connectivity index (χ2v) is 9.55. The molecule has 3 heterocycles. The number of nitrogens with zero attached hydrogens (tertiary/aromatic N) is 1. The Kier molecular flexibility index (Phi) is 6.38. The van der Waals surface area contributed by atoms with Crippen molar-refractivity contribution in [3.63, 3.8) is 0 Å². The molecule has 36 heavy (non-hydrogen) atoms. The van der Waals surface area contributed by atoms with Gasteiger partial charge in [-0.05, 0) is 67.5 Å². The van der Waals surface area contributed by atoms with Crippen LogP contribution in [0.3, 0.4) is 0 Å². The summed E-state index contributed by atoms with van der Waals surface area (Å²) < 4.78 is 11.3. The molecule has 3 aliphatic rings. The lowest BCUT2D eigenvalue weighted by molar-refractivity contribution is -0.136. The molecule has 0 spiro atoms. The first-order valence-corrected chi connectivity index (χ1v) is 12.3. The molecular formula is C27H29N3O6. The van der Waals surface area contributed by atoms with E-state index < -0.39 is 24.1 Å². The summed E-state index contributed by atoms with van der Waals surface area (Å²) in [5.74, 6) is -0.123. The molecular weight excluding hydrogens is 462 g/mol. The molecule has 0 radical (unpaired) electrons. The van der Waals surface area contributed by atoms with Gasteiger partial charge in [-0.25, -0.2) is 4.79 Å². The molecule has 3 aliphatic heterocycles. The average molecular weight is 492 g/mol. The lowest BCUT2D eigenvalue weighted by Crippen LogP contribution is -2.52. The van der Waals surface area contributed by atoms with Crippen molar-refractivity contribution in [2.45, 2.75) is 64.3 Å². The highest BCUT2D eigenvalue weighted by Crippen LogP contribution is 2.31. The topological polar surface area (TPSA) is 114 Å². The zero-order valence-corrected chi connectivity index (χ0v) is 20.3. The van der Waals surface area contributed by atoms with Crippen molar-refractivity contribution in [3.8, 4) is 5.75 Å². The number of fused-ring (bicyclic) bond motifs is 2. The molecule has 188 valence electrons. The molecule has 3 unspecified atom stereocenters. The van der Waals surface area contributed by atoms with Crippen LogP contribution in [-0.4, -0.2) is 41.4 Å². The van der Waals surface area contributed by atoms with Gasteiger partial charge in [-0.2, -0.15) is 0 Å². The molecule has 9 heteroatoms. The molecule has 0 saturated carbocycles. The molecule has 3 atom stereocenters. The number of piperidine rings is 1. The van der Waals surface area contributed by atoms with E-state index in [1.165, 1.54) is 4.90 Å². The molecule has 0 bridgehead atoms. The van der Waals surface area contributed by atoms with Crippen LogP contribution in [0.5, 0.6) is 5.75 Å². The minimum absolute atomic E-state index is 0.208. The number of amides is 4. The predicted molar refractivity (Wildman–Crippen MR) is 129 cm³/mol. The number of imide groups is 1. The molecule has 5 rings (SSSR count). The Balaban J connectivity index is 1.21. The fourth-order valence-electron chi connectivity index (χ4n) is 5.00. The van der Waals surface area contributed by atoms with Crippen molar-refractivity contribution >= 4 is 23.8 Å². The standard InChI is InChI=1S/C27H29N3O6/c1-15(17-7-9-23-19(12-17)4-3-11-35-23)28-27(34)36-16(2)18-5-6-20-14-30(26(33)21(20)13-18)22-8-10-24(31)29-25(22)32/h5-7,9,12-13,15-16,22H,3-4,8,10-11,14H2,1-2H3,(H,28,34)(H,29,31,32). The van der Waals surface area contributed by atoms with Crippen molar-refractivity contribution in [1.29, 1.82) is 0 Å². The fourth-order valence-corrected chi connectivity index (χ4v) is 5.00. The normalized spacial score (nSPS) is 20.6. The van der Waals surface area contributed by atoms with Crippen molar-refractivity contribution in [3.05, 3.63) is 64.2 Å². The maximum Gasteiger partial charge on any atom is 0.408 e. The molecule has 1 saturated heterocycles. The Labute approximate surface area is 209 Å². The number of carbonyl (C=O) groups is 4. The maximum atomic E-state index is 13.1. The van der Waals surface area contributed by atoms with E-state index in [1.54, 1.807) is 13.0 Å². The predicted octanol–water partition coefficient (Wildman–Crippen LogP) is 3.32. The summed E-state index contributed by atoms with van der Waals surface area (Å²) in [7, 11) is 0. The van der Waals surface area contributed by atoms with Crippen LogP contribution < -0.4 is 15.4 Å². The number of hydrogen-bond donors (Lipinski definition) is 2. The Morgan fingerprint density at radius 3 is 2.69 bits per heavy atom. The first-order chi connectivity index (χ1) is 17.3. The van der Waals surface area contributed by atoms with Crippen LogP contribution in [0.15, 0.2) is 36.4 Å². The molecule has 2 N–H and O–H groups in total. The number of alkyl carbamates (subject to hydrolysis) is 1. The maximum absolute atomic E-state index is 13.1. The van der Waals surface area contributed by atoms with Gasteiger partial charge in [-0.1, -0.05) is 24.3 Å². The SMILES string of the molecule is CC(NC(=O)OC(C)c1ccc2c(c1)C(=O)N(C1CCC(=O)NC1=O)C2)c1ccc2c(c1)CCCO2. The number of ether oxygens (including phenoxy) is 2. The third kappa shape index (κ3) is 4.65. The Morgan fingerprint density at radius 1 is 1.08 bits per heavy atom. The number of benzene rings is 2. The summed E-state index contributed by atoms with van der Waals surface area (Å²) >= 11 is 0. The third-order valence-electron chi connectivity index (χ3n) is 7.07. The minimum atomic E-state index is -0.665. The molecule has 2 aromatic carbocycles. The second-order valence-electron chi connectivity index (χ2n) is 9.55. The summed E-state index contributed by atoms with van der Waals surface area (Å²) in [6.45, 7) is 4.68. The van der Waals surface area contributed by atoms with Gasteiger partial charge in [0.1, 0.15) is 17.9 Å². The van der Waals surface area contributed by atoms with E-state index in [0.29, 0.717) is 24.1 Å². The van der Waals surface area contributed by atoms with E-state index in [0.717, 1.165) is 41.9 Å². The average Bonchev–Trinajstić information content (AvgIpc) is 3.19. The highest BCUT2D eigenvalue weighted by atomic mass is 16.6. The van der Waals surface area contributed by atoms with Crippen molar-refractivity contribution in [2.75, 3.05) is 6.61 Å². The lowest BCUT2D eigenvalue weighted by atomic mass is 10.00. The van der Waals surface area contributed by atoms with Crippen molar-refractivity contribution in [1.82, 2.24) is 15.5 Å². The smallest absolute Gasteiger partial charge is 0.408 e. The number of hydrogen-bond acceptors (Lipinski definition) is 6. The van der Waals surface area contributed by atoms with E-state index in [4.69, 9.17) is 9.47 Å². The summed E-state index contributed by atoms with van der Waals surface area (Å²) in [5, 5.41) is 5.18. The van der Waals surface area contributed by atoms with Crippen LogP contribution >= 0.6 is 0 Å². The van der Waals surface area contributed by atoms with E-state index >= 15 is 0 Å². The molecule has 2 aromatic rings. The van der Waals surface area contributed by atoms with Gasteiger partial charge in [0.25, 0.3) is 5.91 Å². The van der Waals surface area contributed by atoms with Gasteiger partial charge in [-0.15, -0.1) is 0 Å². The van der Waals surface area contributed by atoms with Gasteiger partial charge in [0.15, 0.2) is 0 Å². The van der Waals surface area contributed by atoms with Crippen LogP contribution in [0.1, 0.15) is 77.9 Å².